The van der Waals surface area contributed by atoms with Gasteiger partial charge in [0.15, 0.2) is 0 Å². The van der Waals surface area contributed by atoms with Gasteiger partial charge in [0.1, 0.15) is 0 Å². The number of halogens is 1. The van der Waals surface area contributed by atoms with Crippen molar-refractivity contribution in [3.05, 3.63) is 48.6 Å². The van der Waals surface area contributed by atoms with Crippen molar-refractivity contribution in [1.82, 2.24) is 0 Å². The van der Waals surface area contributed by atoms with Crippen molar-refractivity contribution in [3.63, 3.8) is 0 Å². The Balaban J connectivity index is 3.05. The van der Waals surface area contributed by atoms with E-state index in [2.05, 4.69) is 60.6 Å². The summed E-state index contributed by atoms with van der Waals surface area (Å²) in [5.74, 6) is 0.544. The van der Waals surface area contributed by atoms with Gasteiger partial charge in [-0.2, -0.15) is 0 Å². The molecule has 0 aromatic heterocycles. The zero-order valence-corrected chi connectivity index (χ0v) is 10.4. The van der Waals surface area contributed by atoms with Crippen LogP contribution in [0.3, 0.4) is 0 Å². The maximum absolute atomic E-state index is 3.85. The molecule has 0 bridgehead atoms. The number of benzene rings is 1. The third-order valence-corrected chi connectivity index (χ3v) is 4.31. The van der Waals surface area contributed by atoms with Crippen LogP contribution < -0.4 is 0 Å². The van der Waals surface area contributed by atoms with Crippen LogP contribution in [0.25, 0.3) is 0 Å². The predicted molar refractivity (Wildman–Crippen MR) is 66.7 cm³/mol. The Morgan fingerprint density at radius 3 is 2.36 bits per heavy atom. The molecule has 0 spiro atoms. The number of hydrogen-bond donors (Lipinski definition) is 0. The molecule has 1 unspecified atom stereocenters. The molecule has 0 heterocycles. The van der Waals surface area contributed by atoms with Crippen LogP contribution in [0.4, 0.5) is 0 Å². The molecule has 76 valence electrons. The highest BCUT2D eigenvalue weighted by molar-refractivity contribution is 9.09. The van der Waals surface area contributed by atoms with Crippen molar-refractivity contribution in [1.29, 1.82) is 0 Å². The fourth-order valence-corrected chi connectivity index (χ4v) is 2.11. The fourth-order valence-electron chi connectivity index (χ4n) is 1.61. The van der Waals surface area contributed by atoms with Crippen LogP contribution in [0.15, 0.2) is 43.0 Å². The monoisotopic (exact) mass is 252 g/mol. The van der Waals surface area contributed by atoms with Gasteiger partial charge >= 0.3 is 0 Å². The lowest BCUT2D eigenvalue weighted by Crippen LogP contribution is -2.24. The third kappa shape index (κ3) is 2.27. The molecule has 1 aromatic carbocycles. The van der Waals surface area contributed by atoms with Crippen molar-refractivity contribution in [2.75, 3.05) is 0 Å². The summed E-state index contributed by atoms with van der Waals surface area (Å²) in [6.45, 7) is 8.28. The van der Waals surface area contributed by atoms with E-state index in [-0.39, 0.29) is 4.32 Å². The molecule has 0 amide bonds. The lowest BCUT2D eigenvalue weighted by Gasteiger charge is -2.31. The second-order valence-electron chi connectivity index (χ2n) is 3.88. The van der Waals surface area contributed by atoms with E-state index in [1.54, 1.807) is 0 Å². The van der Waals surface area contributed by atoms with Gasteiger partial charge in [-0.25, -0.2) is 0 Å². The van der Waals surface area contributed by atoms with E-state index in [4.69, 9.17) is 0 Å². The van der Waals surface area contributed by atoms with Crippen LogP contribution in [0, 0.1) is 5.92 Å². The molecule has 0 fully saturated rings. The van der Waals surface area contributed by atoms with Gasteiger partial charge in [-0.3, -0.25) is 0 Å². The summed E-state index contributed by atoms with van der Waals surface area (Å²) in [5.41, 5.74) is 1.33. The van der Waals surface area contributed by atoms with E-state index in [0.717, 1.165) is 6.42 Å². The Hall–Kier alpha value is -0.560. The largest absolute Gasteiger partial charge is 0.103 e. The van der Waals surface area contributed by atoms with Crippen LogP contribution in [-0.2, 0) is 4.32 Å². The first-order chi connectivity index (χ1) is 6.61. The van der Waals surface area contributed by atoms with Crippen LogP contribution in [0.2, 0.25) is 0 Å². The summed E-state index contributed by atoms with van der Waals surface area (Å²) < 4.78 is 0.0377. The molecule has 0 saturated heterocycles. The van der Waals surface area contributed by atoms with Crippen LogP contribution >= 0.6 is 15.9 Å². The molecule has 0 N–H and O–H groups in total. The molecule has 1 aromatic rings. The Bertz CT molecular complexity index is 289. The van der Waals surface area contributed by atoms with Gasteiger partial charge in [0.2, 0.25) is 0 Å². The van der Waals surface area contributed by atoms with E-state index in [0.29, 0.717) is 5.92 Å². The minimum absolute atomic E-state index is 0.0377. The topological polar surface area (TPSA) is 0 Å². The quantitative estimate of drug-likeness (QED) is 0.547. The predicted octanol–water partition coefficient (Wildman–Crippen LogP) is 4.51. The first-order valence-corrected chi connectivity index (χ1v) is 5.76. The van der Waals surface area contributed by atoms with E-state index < -0.39 is 0 Å². The zero-order valence-electron chi connectivity index (χ0n) is 8.83. The fraction of sp³-hybridized carbons (Fsp3) is 0.385. The van der Waals surface area contributed by atoms with E-state index in [1.165, 1.54) is 5.56 Å². The van der Waals surface area contributed by atoms with Crippen molar-refractivity contribution in [3.8, 4) is 0 Å². The second kappa shape index (κ2) is 4.79. The minimum Gasteiger partial charge on any atom is -0.103 e. The molecule has 0 nitrogen and oxygen atoms in total. The number of allylic oxidation sites excluding steroid dienone is 1. The number of hydrogen-bond acceptors (Lipinski definition) is 0. The Morgan fingerprint density at radius 1 is 1.36 bits per heavy atom. The van der Waals surface area contributed by atoms with Gasteiger partial charge in [-0.1, -0.05) is 66.2 Å². The maximum atomic E-state index is 3.85. The summed E-state index contributed by atoms with van der Waals surface area (Å²) in [4.78, 5) is 0. The van der Waals surface area contributed by atoms with Gasteiger partial charge in [0.05, 0.1) is 4.32 Å². The molecule has 0 radical (unpaired) electrons. The molecule has 1 heteroatoms. The van der Waals surface area contributed by atoms with Crippen LogP contribution in [0.1, 0.15) is 25.8 Å². The standard InChI is InChI=1S/C13H17Br/c1-4-10-13(14,11(2)3)12-8-6-5-7-9-12/h4-9,11H,1,10H2,2-3H3. The zero-order chi connectivity index (χ0) is 10.6. The maximum Gasteiger partial charge on any atom is 0.0562 e. The molecule has 14 heavy (non-hydrogen) atoms. The van der Waals surface area contributed by atoms with Crippen LogP contribution in [-0.4, -0.2) is 0 Å². The molecule has 0 aliphatic carbocycles. The highest BCUT2D eigenvalue weighted by Crippen LogP contribution is 2.41. The molecular weight excluding hydrogens is 236 g/mol. The van der Waals surface area contributed by atoms with Gasteiger partial charge in [0, 0.05) is 0 Å². The minimum atomic E-state index is 0.0377. The van der Waals surface area contributed by atoms with Gasteiger partial charge in [-0.15, -0.1) is 6.58 Å². The number of rotatable bonds is 4. The van der Waals surface area contributed by atoms with E-state index >= 15 is 0 Å². The molecule has 1 rings (SSSR count). The Morgan fingerprint density at radius 2 is 1.93 bits per heavy atom. The molecule has 0 saturated carbocycles. The molecule has 0 aliphatic heterocycles. The SMILES string of the molecule is C=CCC(Br)(c1ccccc1)C(C)C. The van der Waals surface area contributed by atoms with Crippen LogP contribution in [0.5, 0.6) is 0 Å². The molecule has 0 aliphatic rings. The smallest absolute Gasteiger partial charge is 0.0562 e. The average molecular weight is 253 g/mol. The van der Waals surface area contributed by atoms with Crippen molar-refractivity contribution in [2.45, 2.75) is 24.6 Å². The van der Waals surface area contributed by atoms with Gasteiger partial charge in [0.25, 0.3) is 0 Å². The molecule has 1 atom stereocenters. The summed E-state index contributed by atoms with van der Waals surface area (Å²) >= 11 is 3.85. The van der Waals surface area contributed by atoms with E-state index in [1.807, 2.05) is 12.1 Å². The Kier molecular flexibility index (Phi) is 3.94. The lowest BCUT2D eigenvalue weighted by molar-refractivity contribution is 0.464. The van der Waals surface area contributed by atoms with Gasteiger partial charge in [-0.05, 0) is 17.9 Å². The average Bonchev–Trinajstić information content (AvgIpc) is 2.19. The third-order valence-electron chi connectivity index (χ3n) is 2.61. The lowest BCUT2D eigenvalue weighted by atomic mass is 9.85. The Labute approximate surface area is 95.2 Å². The summed E-state index contributed by atoms with van der Waals surface area (Å²) in [7, 11) is 0. The first-order valence-electron chi connectivity index (χ1n) is 4.96. The summed E-state index contributed by atoms with van der Waals surface area (Å²) in [6.07, 6.45) is 2.93. The normalized spacial score (nSPS) is 15.1. The molecular formula is C13H17Br. The second-order valence-corrected chi connectivity index (χ2v) is 5.29. The van der Waals surface area contributed by atoms with Crippen molar-refractivity contribution in [2.24, 2.45) is 5.92 Å². The van der Waals surface area contributed by atoms with Crippen molar-refractivity contribution < 1.29 is 0 Å². The number of alkyl halides is 1. The van der Waals surface area contributed by atoms with Gasteiger partial charge < -0.3 is 0 Å². The first kappa shape index (κ1) is 11.5. The highest BCUT2D eigenvalue weighted by Gasteiger charge is 2.30. The summed E-state index contributed by atoms with van der Waals surface area (Å²) in [6, 6.07) is 10.5. The van der Waals surface area contributed by atoms with E-state index in [9.17, 15) is 0 Å². The van der Waals surface area contributed by atoms with Crippen molar-refractivity contribution >= 4 is 15.9 Å². The summed E-state index contributed by atoms with van der Waals surface area (Å²) in [5, 5.41) is 0. The highest BCUT2D eigenvalue weighted by atomic mass is 79.9.